The molecule has 0 unspecified atom stereocenters. The third-order valence-electron chi connectivity index (χ3n) is 3.52. The Bertz CT molecular complexity index is 412. The second-order valence-corrected chi connectivity index (χ2v) is 5.09. The lowest BCUT2D eigenvalue weighted by Gasteiger charge is -2.31. The van der Waals surface area contributed by atoms with Crippen LogP contribution in [0.1, 0.15) is 42.8 Å². The van der Waals surface area contributed by atoms with E-state index >= 15 is 0 Å². The van der Waals surface area contributed by atoms with Crippen LogP contribution in [0.3, 0.4) is 0 Å². The third-order valence-corrected chi connectivity index (χ3v) is 3.52. The highest BCUT2D eigenvalue weighted by atomic mass is 16.3. The topological polar surface area (TPSA) is 71.5 Å². The van der Waals surface area contributed by atoms with Gasteiger partial charge in [-0.05, 0) is 39.3 Å². The maximum atomic E-state index is 11.5. The van der Waals surface area contributed by atoms with E-state index in [9.17, 15) is 4.79 Å². The first-order chi connectivity index (χ1) is 8.04. The molecule has 0 atom stereocenters. The minimum atomic E-state index is -0.373. The van der Waals surface area contributed by atoms with Crippen molar-refractivity contribution in [3.8, 4) is 0 Å². The van der Waals surface area contributed by atoms with E-state index in [0.29, 0.717) is 5.76 Å². The van der Waals surface area contributed by atoms with Crippen molar-refractivity contribution in [1.82, 2.24) is 10.3 Å². The van der Waals surface area contributed by atoms with Gasteiger partial charge < -0.3 is 4.42 Å². The van der Waals surface area contributed by atoms with Gasteiger partial charge in [-0.15, -0.1) is 0 Å². The van der Waals surface area contributed by atoms with Crippen LogP contribution in [0.5, 0.6) is 0 Å². The Morgan fingerprint density at radius 3 is 3.00 bits per heavy atom. The van der Waals surface area contributed by atoms with Gasteiger partial charge in [-0.2, -0.15) is 0 Å². The fourth-order valence-corrected chi connectivity index (χ4v) is 2.39. The average Bonchev–Trinajstić information content (AvgIpc) is 2.86. The lowest BCUT2D eigenvalue weighted by Crippen LogP contribution is -2.38. The molecule has 1 aliphatic heterocycles. The van der Waals surface area contributed by atoms with Gasteiger partial charge in [0.1, 0.15) is 0 Å². The lowest BCUT2D eigenvalue weighted by atomic mass is 10.0. The largest absolute Gasteiger partial charge is 0.459 e. The number of amides is 1. The van der Waals surface area contributed by atoms with Crippen LogP contribution in [0.25, 0.3) is 0 Å². The molecule has 1 amide bonds. The first kappa shape index (κ1) is 12.1. The molecule has 0 spiro atoms. The van der Waals surface area contributed by atoms with Crippen LogP contribution in [0.15, 0.2) is 16.7 Å². The summed E-state index contributed by atoms with van der Waals surface area (Å²) in [5.74, 6) is 5.06. The zero-order valence-corrected chi connectivity index (χ0v) is 10.3. The summed E-state index contributed by atoms with van der Waals surface area (Å²) in [5.41, 5.74) is 3.18. The van der Waals surface area contributed by atoms with E-state index in [1.807, 2.05) is 6.07 Å². The molecule has 0 radical (unpaired) electrons. The summed E-state index contributed by atoms with van der Waals surface area (Å²) < 4.78 is 5.18. The van der Waals surface area contributed by atoms with Gasteiger partial charge in [0.05, 0.1) is 6.26 Å². The molecule has 1 aromatic rings. The van der Waals surface area contributed by atoms with Crippen LogP contribution >= 0.6 is 0 Å². The van der Waals surface area contributed by atoms with Gasteiger partial charge >= 0.3 is 5.91 Å². The number of nitrogens with one attached hydrogen (secondary N) is 1. The van der Waals surface area contributed by atoms with Crippen LogP contribution in [-0.4, -0.2) is 22.9 Å². The van der Waals surface area contributed by atoms with Gasteiger partial charge in [-0.25, -0.2) is 5.84 Å². The fourth-order valence-electron chi connectivity index (χ4n) is 2.39. The van der Waals surface area contributed by atoms with Crippen molar-refractivity contribution >= 4 is 5.91 Å². The second-order valence-electron chi connectivity index (χ2n) is 5.09. The lowest BCUT2D eigenvalue weighted by molar-refractivity contribution is 0.0920. The average molecular weight is 237 g/mol. The Kier molecular flexibility index (Phi) is 3.22. The van der Waals surface area contributed by atoms with E-state index in [0.717, 1.165) is 18.7 Å². The van der Waals surface area contributed by atoms with E-state index in [4.69, 9.17) is 10.3 Å². The zero-order valence-electron chi connectivity index (χ0n) is 10.3. The molecule has 0 bridgehead atoms. The molecule has 0 aromatic carbocycles. The van der Waals surface area contributed by atoms with Crippen molar-refractivity contribution in [2.75, 3.05) is 6.54 Å². The monoisotopic (exact) mass is 237 g/mol. The van der Waals surface area contributed by atoms with Crippen LogP contribution < -0.4 is 11.3 Å². The standard InChI is InChI=1S/C12H19N3O2/c1-12(2)5-3-6-15(12)8-9-4-7-17-10(9)11(16)14-13/h4,7H,3,5-6,8,13H2,1-2H3,(H,14,16). The number of nitrogens with two attached hydrogens (primary N) is 1. The van der Waals surface area contributed by atoms with Crippen LogP contribution in [0, 0.1) is 0 Å². The van der Waals surface area contributed by atoms with E-state index < -0.39 is 0 Å². The number of hydrogen-bond acceptors (Lipinski definition) is 4. The van der Waals surface area contributed by atoms with Crippen LogP contribution in [0.4, 0.5) is 0 Å². The minimum absolute atomic E-state index is 0.188. The molecule has 1 fully saturated rings. The first-order valence-corrected chi connectivity index (χ1v) is 5.87. The summed E-state index contributed by atoms with van der Waals surface area (Å²) in [4.78, 5) is 13.8. The Labute approximate surface area is 101 Å². The van der Waals surface area contributed by atoms with Crippen molar-refractivity contribution in [3.05, 3.63) is 23.7 Å². The van der Waals surface area contributed by atoms with Gasteiger partial charge in [0.15, 0.2) is 5.76 Å². The van der Waals surface area contributed by atoms with Gasteiger partial charge in [-0.3, -0.25) is 15.1 Å². The van der Waals surface area contributed by atoms with Gasteiger partial charge in [0, 0.05) is 17.6 Å². The number of rotatable bonds is 3. The van der Waals surface area contributed by atoms with Crippen molar-refractivity contribution in [2.24, 2.45) is 5.84 Å². The molecular formula is C12H19N3O2. The number of hydrogen-bond donors (Lipinski definition) is 2. The molecule has 94 valence electrons. The number of nitrogen functional groups attached to an aromatic ring is 1. The Morgan fingerprint density at radius 1 is 1.65 bits per heavy atom. The predicted octanol–water partition coefficient (Wildman–Crippen LogP) is 1.26. The van der Waals surface area contributed by atoms with Gasteiger partial charge in [0.2, 0.25) is 0 Å². The SMILES string of the molecule is CC1(C)CCCN1Cc1ccoc1C(=O)NN. The number of hydrazine groups is 1. The fraction of sp³-hybridized carbons (Fsp3) is 0.583. The highest BCUT2D eigenvalue weighted by molar-refractivity contribution is 5.92. The Balaban J connectivity index is 2.14. The molecule has 0 saturated carbocycles. The molecule has 2 heterocycles. The second kappa shape index (κ2) is 4.50. The predicted molar refractivity (Wildman–Crippen MR) is 64.1 cm³/mol. The molecule has 2 rings (SSSR count). The smallest absolute Gasteiger partial charge is 0.301 e. The minimum Gasteiger partial charge on any atom is -0.459 e. The molecular weight excluding hydrogens is 218 g/mol. The molecule has 3 N–H and O–H groups in total. The van der Waals surface area contributed by atoms with E-state index in [1.165, 1.54) is 19.1 Å². The Hall–Kier alpha value is -1.33. The van der Waals surface area contributed by atoms with Crippen molar-refractivity contribution < 1.29 is 9.21 Å². The summed E-state index contributed by atoms with van der Waals surface area (Å²) in [6.07, 6.45) is 3.91. The summed E-state index contributed by atoms with van der Waals surface area (Å²) in [6.45, 7) is 6.24. The third kappa shape index (κ3) is 2.35. The van der Waals surface area contributed by atoms with Gasteiger partial charge in [-0.1, -0.05) is 0 Å². The molecule has 1 saturated heterocycles. The number of carbonyl (C=O) groups excluding carboxylic acids is 1. The highest BCUT2D eigenvalue weighted by Crippen LogP contribution is 2.30. The Morgan fingerprint density at radius 2 is 2.41 bits per heavy atom. The maximum Gasteiger partial charge on any atom is 0.301 e. The first-order valence-electron chi connectivity index (χ1n) is 5.87. The normalized spacial score (nSPS) is 19.5. The van der Waals surface area contributed by atoms with Gasteiger partial charge in [0.25, 0.3) is 0 Å². The molecule has 1 aliphatic rings. The quantitative estimate of drug-likeness (QED) is 0.471. The molecule has 5 heteroatoms. The summed E-state index contributed by atoms with van der Waals surface area (Å²) in [5, 5.41) is 0. The summed E-state index contributed by atoms with van der Waals surface area (Å²) in [6, 6.07) is 1.83. The van der Waals surface area contributed by atoms with Crippen LogP contribution in [-0.2, 0) is 6.54 Å². The molecule has 5 nitrogen and oxygen atoms in total. The summed E-state index contributed by atoms with van der Waals surface area (Å²) in [7, 11) is 0. The van der Waals surface area contributed by atoms with E-state index in [2.05, 4.69) is 24.2 Å². The number of nitrogens with zero attached hydrogens (tertiary/aromatic N) is 1. The summed E-state index contributed by atoms with van der Waals surface area (Å²) >= 11 is 0. The number of carbonyl (C=O) groups is 1. The number of likely N-dealkylation sites (tertiary alicyclic amines) is 1. The zero-order chi connectivity index (χ0) is 12.5. The van der Waals surface area contributed by atoms with Crippen molar-refractivity contribution in [2.45, 2.75) is 38.8 Å². The maximum absolute atomic E-state index is 11.5. The van der Waals surface area contributed by atoms with Crippen LogP contribution in [0.2, 0.25) is 0 Å². The number of furan rings is 1. The van der Waals surface area contributed by atoms with E-state index in [1.54, 1.807) is 0 Å². The molecule has 17 heavy (non-hydrogen) atoms. The van der Waals surface area contributed by atoms with Crippen molar-refractivity contribution in [3.63, 3.8) is 0 Å². The van der Waals surface area contributed by atoms with Crippen molar-refractivity contribution in [1.29, 1.82) is 0 Å². The molecule has 0 aliphatic carbocycles. The highest BCUT2D eigenvalue weighted by Gasteiger charge is 2.32. The molecule has 1 aromatic heterocycles. The van der Waals surface area contributed by atoms with E-state index in [-0.39, 0.29) is 11.4 Å².